The predicted molar refractivity (Wildman–Crippen MR) is 63.3 cm³/mol. The van der Waals surface area contributed by atoms with Crippen molar-refractivity contribution < 1.29 is 18.3 Å². The van der Waals surface area contributed by atoms with Gasteiger partial charge in [-0.25, -0.2) is 8.42 Å². The zero-order valence-corrected chi connectivity index (χ0v) is 10.4. The topological polar surface area (TPSA) is 109 Å². The molecule has 0 spiro atoms. The van der Waals surface area contributed by atoms with Crippen LogP contribution in [0.25, 0.3) is 0 Å². The van der Waals surface area contributed by atoms with Gasteiger partial charge in [0.25, 0.3) is 0 Å². The van der Waals surface area contributed by atoms with Crippen LogP contribution in [0.15, 0.2) is 23.1 Å². The molecule has 0 heterocycles. The summed E-state index contributed by atoms with van der Waals surface area (Å²) in [6.07, 6.45) is 0. The molecule has 1 atom stereocenters. The van der Waals surface area contributed by atoms with Gasteiger partial charge in [0.05, 0.1) is 15.6 Å². The van der Waals surface area contributed by atoms with Crippen molar-refractivity contribution in [2.75, 3.05) is 5.73 Å². The molecule has 17 heavy (non-hydrogen) atoms. The molecule has 0 amide bonds. The number of halogens is 1. The van der Waals surface area contributed by atoms with E-state index in [1.54, 1.807) is 0 Å². The average molecular weight is 279 g/mol. The van der Waals surface area contributed by atoms with Crippen LogP contribution in [0, 0.1) is 0 Å². The van der Waals surface area contributed by atoms with Gasteiger partial charge < -0.3 is 10.8 Å². The van der Waals surface area contributed by atoms with Gasteiger partial charge in [0.2, 0.25) is 10.0 Å². The molecule has 0 saturated heterocycles. The Bertz CT molecular complexity index is 544. The van der Waals surface area contributed by atoms with Crippen LogP contribution in [-0.4, -0.2) is 25.5 Å². The molecule has 1 aromatic rings. The summed E-state index contributed by atoms with van der Waals surface area (Å²) < 4.78 is 25.5. The lowest BCUT2D eigenvalue weighted by molar-refractivity contribution is -0.138. The Labute approximate surface area is 103 Å². The summed E-state index contributed by atoms with van der Waals surface area (Å²) in [5, 5.41) is 8.71. The predicted octanol–water partition coefficient (Wildman–Crippen LogP) is 0.674. The molecule has 0 bridgehead atoms. The molecular weight excluding hydrogens is 268 g/mol. The third kappa shape index (κ3) is 3.32. The normalized spacial score (nSPS) is 13.3. The summed E-state index contributed by atoms with van der Waals surface area (Å²) in [4.78, 5) is 10.4. The number of anilines is 1. The smallest absolute Gasteiger partial charge is 0.321 e. The highest BCUT2D eigenvalue weighted by molar-refractivity contribution is 7.89. The van der Waals surface area contributed by atoms with Gasteiger partial charge in [-0.05, 0) is 25.1 Å². The lowest BCUT2D eigenvalue weighted by Gasteiger charge is -2.10. The minimum absolute atomic E-state index is 0.0934. The van der Waals surface area contributed by atoms with E-state index < -0.39 is 22.0 Å². The molecule has 0 aliphatic carbocycles. The molecule has 0 aliphatic rings. The highest BCUT2D eigenvalue weighted by Crippen LogP contribution is 2.22. The number of carboxylic acids is 1. The Hall–Kier alpha value is -1.31. The maximum absolute atomic E-state index is 11.7. The van der Waals surface area contributed by atoms with Gasteiger partial charge in [0.1, 0.15) is 6.04 Å². The number of nitrogens with two attached hydrogens (primary N) is 1. The van der Waals surface area contributed by atoms with Gasteiger partial charge >= 0.3 is 5.97 Å². The zero-order valence-electron chi connectivity index (χ0n) is 8.84. The first-order valence-electron chi connectivity index (χ1n) is 4.54. The molecule has 0 radical (unpaired) electrons. The van der Waals surface area contributed by atoms with Crippen molar-refractivity contribution in [2.45, 2.75) is 17.9 Å². The first-order valence-corrected chi connectivity index (χ1v) is 6.40. The second kappa shape index (κ2) is 4.91. The summed E-state index contributed by atoms with van der Waals surface area (Å²) in [5.41, 5.74) is 5.69. The van der Waals surface area contributed by atoms with E-state index in [-0.39, 0.29) is 15.6 Å². The number of sulfonamides is 1. The van der Waals surface area contributed by atoms with Crippen molar-refractivity contribution in [3.8, 4) is 0 Å². The van der Waals surface area contributed by atoms with Crippen molar-refractivity contribution in [1.82, 2.24) is 4.72 Å². The number of nitrogen functional groups attached to an aromatic ring is 1. The fraction of sp³-hybridized carbons (Fsp3) is 0.222. The minimum Gasteiger partial charge on any atom is -0.480 e. The number of aliphatic carboxylic acids is 1. The molecule has 8 heteroatoms. The monoisotopic (exact) mass is 278 g/mol. The van der Waals surface area contributed by atoms with Crippen LogP contribution in [0.4, 0.5) is 5.69 Å². The molecule has 1 aromatic carbocycles. The van der Waals surface area contributed by atoms with Crippen LogP contribution >= 0.6 is 11.6 Å². The molecule has 1 rings (SSSR count). The Kier molecular flexibility index (Phi) is 3.97. The van der Waals surface area contributed by atoms with Crippen LogP contribution in [0.3, 0.4) is 0 Å². The fourth-order valence-electron chi connectivity index (χ4n) is 1.03. The van der Waals surface area contributed by atoms with Gasteiger partial charge in [-0.2, -0.15) is 4.72 Å². The lowest BCUT2D eigenvalue weighted by Crippen LogP contribution is -2.38. The van der Waals surface area contributed by atoms with E-state index in [2.05, 4.69) is 0 Å². The number of carbonyl (C=O) groups is 1. The molecule has 4 N–H and O–H groups in total. The van der Waals surface area contributed by atoms with Gasteiger partial charge in [-0.1, -0.05) is 11.6 Å². The second-order valence-electron chi connectivity index (χ2n) is 3.36. The molecule has 0 aromatic heterocycles. The maximum atomic E-state index is 11.7. The van der Waals surface area contributed by atoms with E-state index >= 15 is 0 Å². The van der Waals surface area contributed by atoms with Gasteiger partial charge in [-0.15, -0.1) is 0 Å². The number of hydrogen-bond acceptors (Lipinski definition) is 4. The Balaban J connectivity index is 3.05. The highest BCUT2D eigenvalue weighted by Gasteiger charge is 2.21. The Morgan fingerprint density at radius 2 is 2.12 bits per heavy atom. The first-order chi connectivity index (χ1) is 7.74. The van der Waals surface area contributed by atoms with Crippen molar-refractivity contribution >= 4 is 33.3 Å². The van der Waals surface area contributed by atoms with Crippen molar-refractivity contribution in [1.29, 1.82) is 0 Å². The summed E-state index contributed by atoms with van der Waals surface area (Å²) in [6.45, 7) is 1.22. The van der Waals surface area contributed by atoms with E-state index in [0.717, 1.165) is 6.07 Å². The maximum Gasteiger partial charge on any atom is 0.321 e. The molecule has 1 unspecified atom stereocenters. The summed E-state index contributed by atoms with van der Waals surface area (Å²) in [6, 6.07) is 2.52. The van der Waals surface area contributed by atoms with Crippen LogP contribution < -0.4 is 10.5 Å². The average Bonchev–Trinajstić information content (AvgIpc) is 2.21. The number of benzene rings is 1. The van der Waals surface area contributed by atoms with Crippen molar-refractivity contribution in [3.05, 3.63) is 23.2 Å². The van der Waals surface area contributed by atoms with Crippen LogP contribution in [0.2, 0.25) is 5.02 Å². The second-order valence-corrected chi connectivity index (χ2v) is 5.49. The molecule has 94 valence electrons. The van der Waals surface area contributed by atoms with Gasteiger partial charge in [0.15, 0.2) is 0 Å². The van der Waals surface area contributed by atoms with E-state index in [4.69, 9.17) is 22.4 Å². The van der Waals surface area contributed by atoms with Gasteiger partial charge in [-0.3, -0.25) is 4.79 Å². The standard InChI is InChI=1S/C9H11ClN2O4S/c1-5(9(13)14)12-17(15,16)6-2-3-8(11)7(10)4-6/h2-5,12H,11H2,1H3,(H,13,14). The van der Waals surface area contributed by atoms with E-state index in [1.807, 2.05) is 4.72 Å². The number of rotatable bonds is 4. The summed E-state index contributed by atoms with van der Waals surface area (Å²) in [7, 11) is -3.91. The van der Waals surface area contributed by atoms with E-state index in [9.17, 15) is 13.2 Å². The first kappa shape index (κ1) is 13.8. The Morgan fingerprint density at radius 1 is 1.53 bits per heavy atom. The SMILES string of the molecule is CC(NS(=O)(=O)c1ccc(N)c(Cl)c1)C(=O)O. The Morgan fingerprint density at radius 3 is 2.59 bits per heavy atom. The van der Waals surface area contributed by atoms with Crippen molar-refractivity contribution in [2.24, 2.45) is 0 Å². The van der Waals surface area contributed by atoms with E-state index in [1.165, 1.54) is 19.1 Å². The summed E-state index contributed by atoms with van der Waals surface area (Å²) in [5.74, 6) is -1.27. The van der Waals surface area contributed by atoms with Gasteiger partial charge in [0, 0.05) is 0 Å². The quantitative estimate of drug-likeness (QED) is 0.702. The third-order valence-electron chi connectivity index (χ3n) is 1.98. The van der Waals surface area contributed by atoms with E-state index in [0.29, 0.717) is 0 Å². The molecule has 0 aliphatic heterocycles. The molecular formula is C9H11ClN2O4S. The number of nitrogens with one attached hydrogen (secondary N) is 1. The lowest BCUT2D eigenvalue weighted by atomic mass is 10.3. The van der Waals surface area contributed by atoms with Crippen LogP contribution in [0.5, 0.6) is 0 Å². The number of carboxylic acid groups (broad SMARTS) is 1. The zero-order chi connectivity index (χ0) is 13.2. The molecule has 0 fully saturated rings. The molecule has 0 saturated carbocycles. The summed E-state index contributed by atoms with van der Waals surface area (Å²) >= 11 is 5.69. The van der Waals surface area contributed by atoms with Crippen LogP contribution in [-0.2, 0) is 14.8 Å². The minimum atomic E-state index is -3.91. The largest absolute Gasteiger partial charge is 0.480 e. The third-order valence-corrected chi connectivity index (χ3v) is 3.85. The van der Waals surface area contributed by atoms with Crippen molar-refractivity contribution in [3.63, 3.8) is 0 Å². The fourth-order valence-corrected chi connectivity index (χ4v) is 2.49. The number of hydrogen-bond donors (Lipinski definition) is 3. The highest BCUT2D eigenvalue weighted by atomic mass is 35.5. The molecule has 6 nitrogen and oxygen atoms in total. The van der Waals surface area contributed by atoms with Crippen LogP contribution in [0.1, 0.15) is 6.92 Å².